The summed E-state index contributed by atoms with van der Waals surface area (Å²) in [6.07, 6.45) is -0.0781. The maximum Gasteiger partial charge on any atom is 0.166 e. The van der Waals surface area contributed by atoms with Crippen LogP contribution in [0.15, 0.2) is 78.9 Å². The number of aromatic nitrogens is 3. The third kappa shape index (κ3) is 3.81. The van der Waals surface area contributed by atoms with Gasteiger partial charge in [0.25, 0.3) is 0 Å². The second-order valence-corrected chi connectivity index (χ2v) is 9.02. The van der Waals surface area contributed by atoms with E-state index < -0.39 is 0 Å². The number of pyridine rings is 1. The van der Waals surface area contributed by atoms with Gasteiger partial charge in [0.2, 0.25) is 0 Å². The van der Waals surface area contributed by atoms with Gasteiger partial charge in [-0.25, -0.2) is 9.67 Å². The normalized spacial score (nSPS) is 15.0. The summed E-state index contributed by atoms with van der Waals surface area (Å²) in [5, 5.41) is 13.9. The van der Waals surface area contributed by atoms with Crippen LogP contribution < -0.4 is 15.4 Å². The first-order valence-corrected chi connectivity index (χ1v) is 11.9. The molecule has 1 aliphatic rings. The average molecular weight is 482 g/mol. The van der Waals surface area contributed by atoms with Gasteiger partial charge in [-0.05, 0) is 54.4 Å². The maximum absolute atomic E-state index is 6.22. The van der Waals surface area contributed by atoms with Crippen molar-refractivity contribution < 1.29 is 4.74 Å². The third-order valence-electron chi connectivity index (χ3n) is 6.44. The molecule has 0 amide bonds. The van der Waals surface area contributed by atoms with Gasteiger partial charge in [0.1, 0.15) is 17.7 Å². The monoisotopic (exact) mass is 481 g/mol. The second kappa shape index (κ2) is 8.73. The maximum atomic E-state index is 6.22. The van der Waals surface area contributed by atoms with E-state index >= 15 is 0 Å². The van der Waals surface area contributed by atoms with Gasteiger partial charge >= 0.3 is 0 Å². The number of methoxy groups -OCH3 is 1. The van der Waals surface area contributed by atoms with Gasteiger partial charge < -0.3 is 10.1 Å². The minimum atomic E-state index is -0.0781. The smallest absolute Gasteiger partial charge is 0.166 e. The fraction of sp³-hybridized carbons (Fsp3) is 0.143. The van der Waals surface area contributed by atoms with Crippen LogP contribution in [0.5, 0.6) is 5.75 Å². The SMILES string of the molecule is COc1ccc(C2NCc3c(nc4c(c(C)nn4-c4ccccc4)c3-c3ccc(Cl)cc3)N2)cc1. The summed E-state index contributed by atoms with van der Waals surface area (Å²) in [7, 11) is 1.67. The predicted molar refractivity (Wildman–Crippen MR) is 140 cm³/mol. The predicted octanol–water partition coefficient (Wildman–Crippen LogP) is 6.27. The molecule has 0 saturated heterocycles. The number of nitrogens with zero attached hydrogens (tertiary/aromatic N) is 3. The number of benzene rings is 3. The first kappa shape index (κ1) is 21.6. The molecule has 0 radical (unpaired) electrons. The lowest BCUT2D eigenvalue weighted by molar-refractivity contribution is 0.414. The number of fused-ring (bicyclic) bond motifs is 2. The van der Waals surface area contributed by atoms with E-state index in [-0.39, 0.29) is 6.17 Å². The fourth-order valence-corrected chi connectivity index (χ4v) is 4.84. The molecule has 35 heavy (non-hydrogen) atoms. The first-order chi connectivity index (χ1) is 17.1. The lowest BCUT2D eigenvalue weighted by atomic mass is 9.95. The Morgan fingerprint density at radius 1 is 0.971 bits per heavy atom. The van der Waals surface area contributed by atoms with Crippen molar-refractivity contribution in [1.82, 2.24) is 20.1 Å². The van der Waals surface area contributed by atoms with E-state index in [0.29, 0.717) is 11.6 Å². The van der Waals surface area contributed by atoms with Crippen LogP contribution >= 0.6 is 11.6 Å². The van der Waals surface area contributed by atoms with Crippen LogP contribution in [0.2, 0.25) is 5.02 Å². The summed E-state index contributed by atoms with van der Waals surface area (Å²) in [4.78, 5) is 5.12. The van der Waals surface area contributed by atoms with E-state index in [0.717, 1.165) is 56.2 Å². The van der Waals surface area contributed by atoms with E-state index in [4.69, 9.17) is 26.4 Å². The number of aryl methyl sites for hydroxylation is 1. The lowest BCUT2D eigenvalue weighted by Gasteiger charge is -2.30. The Kier molecular flexibility index (Phi) is 5.40. The summed E-state index contributed by atoms with van der Waals surface area (Å²) in [6, 6.07) is 26.2. The van der Waals surface area contributed by atoms with E-state index in [1.165, 1.54) is 0 Å². The van der Waals surface area contributed by atoms with Gasteiger partial charge in [-0.15, -0.1) is 0 Å². The van der Waals surface area contributed by atoms with Gasteiger partial charge in [0, 0.05) is 22.7 Å². The number of nitrogens with one attached hydrogen (secondary N) is 2. The number of halogens is 1. The molecule has 7 heteroatoms. The highest BCUT2D eigenvalue weighted by molar-refractivity contribution is 6.30. The highest BCUT2D eigenvalue weighted by atomic mass is 35.5. The zero-order valence-corrected chi connectivity index (χ0v) is 20.2. The summed E-state index contributed by atoms with van der Waals surface area (Å²) < 4.78 is 7.25. The average Bonchev–Trinajstić information content (AvgIpc) is 3.24. The van der Waals surface area contributed by atoms with Crippen LogP contribution in [0.25, 0.3) is 27.8 Å². The molecular weight excluding hydrogens is 458 g/mol. The molecule has 1 unspecified atom stereocenters. The number of hydrogen-bond donors (Lipinski definition) is 2. The van der Waals surface area contributed by atoms with Gasteiger partial charge in [-0.2, -0.15) is 5.10 Å². The Morgan fingerprint density at radius 3 is 2.43 bits per heavy atom. The molecule has 0 bridgehead atoms. The van der Waals surface area contributed by atoms with Crippen LogP contribution in [-0.2, 0) is 6.54 Å². The molecule has 0 saturated carbocycles. The topological polar surface area (TPSA) is 64.0 Å². The van der Waals surface area contributed by atoms with Crippen molar-refractivity contribution in [2.45, 2.75) is 19.6 Å². The molecule has 2 aromatic heterocycles. The van der Waals surface area contributed by atoms with Crippen LogP contribution in [0.1, 0.15) is 23.0 Å². The Labute approximate surface area is 208 Å². The van der Waals surface area contributed by atoms with Crippen molar-refractivity contribution in [3.05, 3.63) is 101 Å². The molecule has 0 aliphatic carbocycles. The Balaban J connectivity index is 1.55. The molecular formula is C28H24ClN5O. The molecule has 3 aromatic carbocycles. The zero-order chi connectivity index (χ0) is 23.9. The molecule has 1 atom stereocenters. The van der Waals surface area contributed by atoms with Crippen molar-refractivity contribution in [2.75, 3.05) is 12.4 Å². The summed E-state index contributed by atoms with van der Waals surface area (Å²) in [6.45, 7) is 2.70. The Morgan fingerprint density at radius 2 is 1.71 bits per heavy atom. The van der Waals surface area contributed by atoms with Gasteiger partial charge in [-0.3, -0.25) is 5.32 Å². The second-order valence-electron chi connectivity index (χ2n) is 8.58. The van der Waals surface area contributed by atoms with Gasteiger partial charge in [-0.1, -0.05) is 54.1 Å². The van der Waals surface area contributed by atoms with E-state index in [2.05, 4.69) is 34.9 Å². The van der Waals surface area contributed by atoms with Crippen molar-refractivity contribution >= 4 is 28.5 Å². The third-order valence-corrected chi connectivity index (χ3v) is 6.69. The number of rotatable bonds is 4. The summed E-state index contributed by atoms with van der Waals surface area (Å²) in [5.74, 6) is 1.68. The van der Waals surface area contributed by atoms with Crippen LogP contribution in [0.4, 0.5) is 5.82 Å². The molecule has 3 heterocycles. The van der Waals surface area contributed by atoms with E-state index in [9.17, 15) is 0 Å². The Bertz CT molecular complexity index is 1510. The van der Waals surface area contributed by atoms with Crippen LogP contribution in [0, 0.1) is 6.92 Å². The number of ether oxygens (including phenoxy) is 1. The van der Waals surface area contributed by atoms with Gasteiger partial charge in [0.05, 0.1) is 23.9 Å². The molecule has 6 rings (SSSR count). The molecule has 6 nitrogen and oxygen atoms in total. The Hall–Kier alpha value is -3.87. The van der Waals surface area contributed by atoms with Crippen molar-refractivity contribution in [1.29, 1.82) is 0 Å². The van der Waals surface area contributed by atoms with Crippen LogP contribution in [0.3, 0.4) is 0 Å². The van der Waals surface area contributed by atoms with Gasteiger partial charge in [0.15, 0.2) is 5.65 Å². The van der Waals surface area contributed by atoms with Crippen LogP contribution in [-0.4, -0.2) is 21.9 Å². The molecule has 2 N–H and O–H groups in total. The molecule has 0 spiro atoms. The quantitative estimate of drug-likeness (QED) is 0.316. The largest absolute Gasteiger partial charge is 0.497 e. The highest BCUT2D eigenvalue weighted by Gasteiger charge is 2.27. The highest BCUT2D eigenvalue weighted by Crippen LogP contribution is 2.40. The number of anilines is 1. The fourth-order valence-electron chi connectivity index (χ4n) is 4.72. The van der Waals surface area contributed by atoms with E-state index in [1.807, 2.05) is 66.2 Å². The minimum Gasteiger partial charge on any atom is -0.497 e. The first-order valence-electron chi connectivity index (χ1n) is 11.5. The number of hydrogen-bond acceptors (Lipinski definition) is 5. The molecule has 5 aromatic rings. The summed E-state index contributed by atoms with van der Waals surface area (Å²) >= 11 is 6.22. The minimum absolute atomic E-state index is 0.0781. The summed E-state index contributed by atoms with van der Waals surface area (Å²) in [5.41, 5.74) is 7.15. The lowest BCUT2D eigenvalue weighted by Crippen LogP contribution is -2.33. The van der Waals surface area contributed by atoms with Crippen molar-refractivity contribution in [2.24, 2.45) is 0 Å². The number of para-hydroxylation sites is 1. The molecule has 0 fully saturated rings. The molecule has 174 valence electrons. The van der Waals surface area contributed by atoms with Crippen molar-refractivity contribution in [3.63, 3.8) is 0 Å². The van der Waals surface area contributed by atoms with Crippen molar-refractivity contribution in [3.8, 4) is 22.6 Å². The van der Waals surface area contributed by atoms with E-state index in [1.54, 1.807) is 7.11 Å². The zero-order valence-electron chi connectivity index (χ0n) is 19.4. The standard InChI is InChI=1S/C28H24ClN5O/c1-17-24-25(18-8-12-20(29)13-9-18)23-16-30-26(19-10-14-22(35-2)15-11-19)31-27(23)32-28(24)34(33-17)21-6-4-3-5-7-21/h3-15,26,30H,16H2,1-2H3,(H,31,32). The molecule has 1 aliphatic heterocycles.